The van der Waals surface area contributed by atoms with Crippen LogP contribution in [-0.4, -0.2) is 26.7 Å². The zero-order valence-electron chi connectivity index (χ0n) is 15.6. The van der Waals surface area contributed by atoms with E-state index in [9.17, 15) is 9.18 Å². The molecule has 0 spiro atoms. The van der Waals surface area contributed by atoms with E-state index >= 15 is 0 Å². The van der Waals surface area contributed by atoms with Crippen molar-refractivity contribution < 1.29 is 18.7 Å². The standard InChI is InChI=1S/C20H24FN3O3/c1-12(14-6-9-17(26-2)18(10-14)27-3)23-20(25)16-11-22-24-19(16)13-4-7-15(21)8-5-13/h4-10,12,16,19,22,24H,11H2,1-3H3,(H,23,25). The lowest BCUT2D eigenvalue weighted by molar-refractivity contribution is -0.125. The van der Waals surface area contributed by atoms with Crippen LogP contribution in [0.25, 0.3) is 0 Å². The van der Waals surface area contributed by atoms with Crippen LogP contribution in [0.1, 0.15) is 30.1 Å². The van der Waals surface area contributed by atoms with Gasteiger partial charge in [0.2, 0.25) is 5.91 Å². The Morgan fingerprint density at radius 3 is 2.52 bits per heavy atom. The van der Waals surface area contributed by atoms with Gasteiger partial charge >= 0.3 is 0 Å². The molecule has 27 heavy (non-hydrogen) atoms. The van der Waals surface area contributed by atoms with Gasteiger partial charge in [0.1, 0.15) is 5.82 Å². The average molecular weight is 373 g/mol. The molecule has 1 heterocycles. The van der Waals surface area contributed by atoms with Gasteiger partial charge in [0, 0.05) is 6.54 Å². The maximum atomic E-state index is 13.2. The van der Waals surface area contributed by atoms with Crippen LogP contribution in [0.4, 0.5) is 4.39 Å². The molecular weight excluding hydrogens is 349 g/mol. The largest absolute Gasteiger partial charge is 0.493 e. The van der Waals surface area contributed by atoms with Gasteiger partial charge in [-0.3, -0.25) is 10.2 Å². The molecule has 0 radical (unpaired) electrons. The van der Waals surface area contributed by atoms with Crippen LogP contribution in [0.3, 0.4) is 0 Å². The van der Waals surface area contributed by atoms with Gasteiger partial charge in [-0.2, -0.15) is 0 Å². The van der Waals surface area contributed by atoms with Gasteiger partial charge in [-0.15, -0.1) is 0 Å². The first-order valence-electron chi connectivity index (χ1n) is 8.79. The van der Waals surface area contributed by atoms with Crippen molar-refractivity contribution in [3.63, 3.8) is 0 Å². The summed E-state index contributed by atoms with van der Waals surface area (Å²) in [5.41, 5.74) is 7.90. The second kappa shape index (κ2) is 8.37. The van der Waals surface area contributed by atoms with E-state index in [1.165, 1.54) is 12.1 Å². The molecule has 3 rings (SSSR count). The molecule has 6 nitrogen and oxygen atoms in total. The molecule has 3 unspecified atom stereocenters. The van der Waals surface area contributed by atoms with E-state index < -0.39 is 0 Å². The molecule has 0 bridgehead atoms. The van der Waals surface area contributed by atoms with E-state index in [4.69, 9.17) is 9.47 Å². The molecule has 1 fully saturated rings. The normalized spacial score (nSPS) is 20.1. The number of halogens is 1. The molecular formula is C20H24FN3O3. The summed E-state index contributed by atoms with van der Waals surface area (Å²) in [5, 5.41) is 3.05. The molecule has 3 N–H and O–H groups in total. The third-order valence-corrected chi connectivity index (χ3v) is 4.81. The van der Waals surface area contributed by atoms with Crippen LogP contribution in [0.2, 0.25) is 0 Å². The van der Waals surface area contributed by atoms with E-state index in [1.54, 1.807) is 26.4 Å². The minimum Gasteiger partial charge on any atom is -0.493 e. The number of amides is 1. The van der Waals surface area contributed by atoms with Gasteiger partial charge in [-0.1, -0.05) is 18.2 Å². The summed E-state index contributed by atoms with van der Waals surface area (Å²) in [6.45, 7) is 2.41. The second-order valence-corrected chi connectivity index (χ2v) is 6.51. The number of nitrogens with one attached hydrogen (secondary N) is 3. The predicted octanol–water partition coefficient (Wildman–Crippen LogP) is 2.49. The van der Waals surface area contributed by atoms with Crippen molar-refractivity contribution in [3.8, 4) is 11.5 Å². The Morgan fingerprint density at radius 1 is 1.15 bits per heavy atom. The van der Waals surface area contributed by atoms with Gasteiger partial charge in [-0.25, -0.2) is 9.82 Å². The molecule has 7 heteroatoms. The molecule has 0 aromatic heterocycles. The third-order valence-electron chi connectivity index (χ3n) is 4.81. The minimum absolute atomic E-state index is 0.0795. The van der Waals surface area contributed by atoms with E-state index in [-0.39, 0.29) is 29.7 Å². The Bertz CT molecular complexity index is 798. The molecule has 0 aliphatic carbocycles. The van der Waals surface area contributed by atoms with Gasteiger partial charge in [0.05, 0.1) is 32.2 Å². The van der Waals surface area contributed by atoms with Gasteiger partial charge in [0.15, 0.2) is 11.5 Å². The first-order valence-corrected chi connectivity index (χ1v) is 8.79. The topological polar surface area (TPSA) is 71.6 Å². The summed E-state index contributed by atoms with van der Waals surface area (Å²) >= 11 is 0. The Hall–Kier alpha value is -2.64. The number of hydrazine groups is 1. The lowest BCUT2D eigenvalue weighted by atomic mass is 9.93. The molecule has 3 atom stereocenters. The molecule has 2 aromatic rings. The van der Waals surface area contributed by atoms with Crippen molar-refractivity contribution in [2.45, 2.75) is 19.0 Å². The van der Waals surface area contributed by atoms with Crippen LogP contribution in [0.5, 0.6) is 11.5 Å². The molecule has 0 saturated carbocycles. The Balaban J connectivity index is 1.71. The highest BCUT2D eigenvalue weighted by Gasteiger charge is 2.34. The molecule has 1 amide bonds. The quantitative estimate of drug-likeness (QED) is 0.726. The highest BCUT2D eigenvalue weighted by Crippen LogP contribution is 2.31. The van der Waals surface area contributed by atoms with Crippen LogP contribution in [0.15, 0.2) is 42.5 Å². The molecule has 1 aliphatic heterocycles. The first-order chi connectivity index (χ1) is 13.0. The number of hydrogen-bond acceptors (Lipinski definition) is 5. The summed E-state index contributed by atoms with van der Waals surface area (Å²) in [5.74, 6) is 0.569. The third kappa shape index (κ3) is 4.20. The average Bonchev–Trinajstić information content (AvgIpc) is 3.17. The summed E-state index contributed by atoms with van der Waals surface area (Å²) in [6, 6.07) is 11.3. The molecule has 2 aromatic carbocycles. The second-order valence-electron chi connectivity index (χ2n) is 6.51. The zero-order valence-corrected chi connectivity index (χ0v) is 15.6. The van der Waals surface area contributed by atoms with Crippen molar-refractivity contribution in [2.24, 2.45) is 5.92 Å². The zero-order chi connectivity index (χ0) is 19.4. The van der Waals surface area contributed by atoms with E-state index in [2.05, 4.69) is 16.2 Å². The van der Waals surface area contributed by atoms with Crippen molar-refractivity contribution in [2.75, 3.05) is 20.8 Å². The number of ether oxygens (including phenoxy) is 2. The lowest BCUT2D eigenvalue weighted by Crippen LogP contribution is -2.36. The number of benzene rings is 2. The SMILES string of the molecule is COc1ccc(C(C)NC(=O)C2CNNC2c2ccc(F)cc2)cc1OC. The Kier molecular flexibility index (Phi) is 5.93. The summed E-state index contributed by atoms with van der Waals surface area (Å²) < 4.78 is 23.7. The lowest BCUT2D eigenvalue weighted by Gasteiger charge is -2.22. The fraction of sp³-hybridized carbons (Fsp3) is 0.350. The number of rotatable bonds is 6. The van der Waals surface area contributed by atoms with E-state index in [0.29, 0.717) is 18.0 Å². The Morgan fingerprint density at radius 2 is 1.85 bits per heavy atom. The van der Waals surface area contributed by atoms with Gasteiger partial charge in [0.25, 0.3) is 0 Å². The van der Waals surface area contributed by atoms with Crippen LogP contribution >= 0.6 is 0 Å². The van der Waals surface area contributed by atoms with E-state index in [0.717, 1.165) is 11.1 Å². The Labute approximate surface area is 158 Å². The van der Waals surface area contributed by atoms with Gasteiger partial charge < -0.3 is 14.8 Å². The highest BCUT2D eigenvalue weighted by atomic mass is 19.1. The predicted molar refractivity (Wildman–Crippen MR) is 99.9 cm³/mol. The van der Waals surface area contributed by atoms with E-state index in [1.807, 2.05) is 25.1 Å². The van der Waals surface area contributed by atoms with Crippen LogP contribution < -0.4 is 25.6 Å². The van der Waals surface area contributed by atoms with Crippen LogP contribution in [0, 0.1) is 11.7 Å². The van der Waals surface area contributed by atoms with Crippen molar-refractivity contribution >= 4 is 5.91 Å². The maximum Gasteiger partial charge on any atom is 0.226 e. The number of methoxy groups -OCH3 is 2. The molecule has 1 saturated heterocycles. The maximum absolute atomic E-state index is 13.2. The highest BCUT2D eigenvalue weighted by molar-refractivity contribution is 5.80. The van der Waals surface area contributed by atoms with Crippen molar-refractivity contribution in [3.05, 3.63) is 59.4 Å². The fourth-order valence-corrected chi connectivity index (χ4v) is 3.25. The van der Waals surface area contributed by atoms with Crippen LogP contribution in [-0.2, 0) is 4.79 Å². The number of carbonyl (C=O) groups excluding carboxylic acids is 1. The summed E-state index contributed by atoms with van der Waals surface area (Å²) in [4.78, 5) is 12.8. The molecule has 144 valence electrons. The fourth-order valence-electron chi connectivity index (χ4n) is 3.25. The summed E-state index contributed by atoms with van der Waals surface area (Å²) in [6.07, 6.45) is 0. The first kappa shape index (κ1) is 19.1. The number of hydrogen-bond donors (Lipinski definition) is 3. The summed E-state index contributed by atoms with van der Waals surface area (Å²) in [7, 11) is 3.16. The minimum atomic E-state index is -0.307. The van der Waals surface area contributed by atoms with Gasteiger partial charge in [-0.05, 0) is 42.3 Å². The van der Waals surface area contributed by atoms with Crippen molar-refractivity contribution in [1.29, 1.82) is 0 Å². The molecule has 1 aliphatic rings. The monoisotopic (exact) mass is 373 g/mol. The smallest absolute Gasteiger partial charge is 0.226 e. The van der Waals surface area contributed by atoms with Crippen molar-refractivity contribution in [1.82, 2.24) is 16.2 Å². The number of carbonyl (C=O) groups is 1.